The Hall–Kier alpha value is -2.96. The number of anilines is 1. The van der Waals surface area contributed by atoms with Gasteiger partial charge < -0.3 is 9.64 Å². The predicted molar refractivity (Wildman–Crippen MR) is 90.4 cm³/mol. The van der Waals surface area contributed by atoms with Gasteiger partial charge in [0.05, 0.1) is 17.7 Å². The summed E-state index contributed by atoms with van der Waals surface area (Å²) in [7, 11) is 1.39. The van der Waals surface area contributed by atoms with E-state index in [-0.39, 0.29) is 23.8 Å². The SMILES string of the molecule is COc1ccc(CCC(=O)N2CCc3ccc([N+](=O)[O-])cc32)cc1F. The molecule has 1 amide bonds. The summed E-state index contributed by atoms with van der Waals surface area (Å²) in [6.07, 6.45) is 1.27. The Labute approximate surface area is 144 Å². The quantitative estimate of drug-likeness (QED) is 0.616. The zero-order valence-electron chi connectivity index (χ0n) is 13.7. The number of fused-ring (bicyclic) bond motifs is 1. The van der Waals surface area contributed by atoms with Crippen LogP contribution in [-0.4, -0.2) is 24.5 Å². The topological polar surface area (TPSA) is 72.7 Å². The molecule has 130 valence electrons. The Morgan fingerprint density at radius 3 is 2.80 bits per heavy atom. The van der Waals surface area contributed by atoms with E-state index in [0.717, 1.165) is 5.56 Å². The second-order valence-corrected chi connectivity index (χ2v) is 5.83. The van der Waals surface area contributed by atoms with Crippen LogP contribution in [0.2, 0.25) is 0 Å². The number of carbonyl (C=O) groups excluding carboxylic acids is 1. The molecule has 0 fully saturated rings. The molecule has 0 aromatic heterocycles. The van der Waals surface area contributed by atoms with Gasteiger partial charge in [-0.1, -0.05) is 12.1 Å². The van der Waals surface area contributed by atoms with Gasteiger partial charge in [0.1, 0.15) is 0 Å². The van der Waals surface area contributed by atoms with E-state index in [1.54, 1.807) is 17.0 Å². The number of nitrogens with zero attached hydrogens (tertiary/aromatic N) is 2. The number of ether oxygens (including phenoxy) is 1. The first-order valence-electron chi connectivity index (χ1n) is 7.89. The van der Waals surface area contributed by atoms with Gasteiger partial charge in [0.15, 0.2) is 11.6 Å². The zero-order valence-corrected chi connectivity index (χ0v) is 13.7. The van der Waals surface area contributed by atoms with Gasteiger partial charge in [-0.15, -0.1) is 0 Å². The van der Waals surface area contributed by atoms with Crippen LogP contribution in [0.3, 0.4) is 0 Å². The highest BCUT2D eigenvalue weighted by Gasteiger charge is 2.26. The lowest BCUT2D eigenvalue weighted by molar-refractivity contribution is -0.384. The van der Waals surface area contributed by atoms with Crippen molar-refractivity contribution >= 4 is 17.3 Å². The van der Waals surface area contributed by atoms with Crippen LogP contribution in [0.1, 0.15) is 17.5 Å². The summed E-state index contributed by atoms with van der Waals surface area (Å²) in [5.41, 5.74) is 2.19. The van der Waals surface area contributed by atoms with E-state index in [0.29, 0.717) is 30.6 Å². The van der Waals surface area contributed by atoms with E-state index in [9.17, 15) is 19.3 Å². The van der Waals surface area contributed by atoms with Crippen molar-refractivity contribution in [3.8, 4) is 5.75 Å². The van der Waals surface area contributed by atoms with Crippen molar-refractivity contribution in [1.29, 1.82) is 0 Å². The van der Waals surface area contributed by atoms with Crippen LogP contribution in [0, 0.1) is 15.9 Å². The van der Waals surface area contributed by atoms with Crippen LogP contribution in [0.25, 0.3) is 0 Å². The second-order valence-electron chi connectivity index (χ2n) is 5.83. The summed E-state index contributed by atoms with van der Waals surface area (Å²) in [5, 5.41) is 10.9. The molecule has 0 atom stereocenters. The lowest BCUT2D eigenvalue weighted by Gasteiger charge is -2.17. The lowest BCUT2D eigenvalue weighted by atomic mass is 10.1. The molecule has 0 bridgehead atoms. The maximum absolute atomic E-state index is 13.7. The summed E-state index contributed by atoms with van der Waals surface area (Å²) in [6.45, 7) is 0.506. The molecule has 0 unspecified atom stereocenters. The molecule has 1 aliphatic rings. The van der Waals surface area contributed by atoms with Crippen molar-refractivity contribution in [2.75, 3.05) is 18.6 Å². The van der Waals surface area contributed by atoms with E-state index >= 15 is 0 Å². The third-order valence-electron chi connectivity index (χ3n) is 4.32. The molecule has 0 radical (unpaired) electrons. The average molecular weight is 344 g/mol. The smallest absolute Gasteiger partial charge is 0.271 e. The van der Waals surface area contributed by atoms with Crippen LogP contribution in [0.5, 0.6) is 5.75 Å². The molecule has 0 N–H and O–H groups in total. The third-order valence-corrected chi connectivity index (χ3v) is 4.32. The maximum Gasteiger partial charge on any atom is 0.271 e. The predicted octanol–water partition coefficient (Wildman–Crippen LogP) is 3.26. The summed E-state index contributed by atoms with van der Waals surface area (Å²) in [4.78, 5) is 24.5. The Morgan fingerprint density at radius 2 is 2.12 bits per heavy atom. The number of hydrogen-bond donors (Lipinski definition) is 0. The monoisotopic (exact) mass is 344 g/mol. The Morgan fingerprint density at radius 1 is 1.32 bits per heavy atom. The van der Waals surface area contributed by atoms with E-state index in [2.05, 4.69) is 0 Å². The Balaban J connectivity index is 1.70. The number of carbonyl (C=O) groups is 1. The van der Waals surface area contributed by atoms with Crippen LogP contribution >= 0.6 is 0 Å². The van der Waals surface area contributed by atoms with E-state index < -0.39 is 10.7 Å². The number of aryl methyl sites for hydroxylation is 1. The summed E-state index contributed by atoms with van der Waals surface area (Å²) < 4.78 is 18.6. The molecule has 0 spiro atoms. The fourth-order valence-electron chi connectivity index (χ4n) is 2.99. The highest BCUT2D eigenvalue weighted by molar-refractivity contribution is 5.96. The van der Waals surface area contributed by atoms with E-state index in [1.165, 1.54) is 31.4 Å². The van der Waals surface area contributed by atoms with Crippen molar-refractivity contribution in [1.82, 2.24) is 0 Å². The van der Waals surface area contributed by atoms with Crippen molar-refractivity contribution in [2.45, 2.75) is 19.3 Å². The number of halogens is 1. The number of benzene rings is 2. The molecule has 1 aliphatic heterocycles. The van der Waals surface area contributed by atoms with Crippen molar-refractivity contribution < 1.29 is 18.8 Å². The van der Waals surface area contributed by atoms with Gasteiger partial charge in [-0.2, -0.15) is 0 Å². The fraction of sp³-hybridized carbons (Fsp3) is 0.278. The maximum atomic E-state index is 13.7. The van der Waals surface area contributed by atoms with Crippen LogP contribution in [0.15, 0.2) is 36.4 Å². The van der Waals surface area contributed by atoms with Crippen molar-refractivity contribution in [3.05, 3.63) is 63.5 Å². The van der Waals surface area contributed by atoms with Crippen LogP contribution in [-0.2, 0) is 17.6 Å². The van der Waals surface area contributed by atoms with Crippen LogP contribution < -0.4 is 9.64 Å². The minimum absolute atomic E-state index is 0.0318. The molecule has 6 nitrogen and oxygen atoms in total. The highest BCUT2D eigenvalue weighted by Crippen LogP contribution is 2.32. The molecule has 25 heavy (non-hydrogen) atoms. The van der Waals surface area contributed by atoms with E-state index in [1.807, 2.05) is 0 Å². The molecule has 3 rings (SSSR count). The normalized spacial score (nSPS) is 12.8. The van der Waals surface area contributed by atoms with Gasteiger partial charge >= 0.3 is 0 Å². The molecule has 7 heteroatoms. The molecule has 0 saturated carbocycles. The van der Waals surface area contributed by atoms with Crippen molar-refractivity contribution in [2.24, 2.45) is 0 Å². The van der Waals surface area contributed by atoms with Gasteiger partial charge in [0.25, 0.3) is 5.69 Å². The standard InChI is InChI=1S/C18H17FN2O4/c1-25-17-6-2-12(10-15(17)19)3-7-18(22)20-9-8-13-4-5-14(21(23)24)11-16(13)20/h2,4-6,10-11H,3,7-9H2,1H3. The first-order valence-corrected chi connectivity index (χ1v) is 7.89. The average Bonchev–Trinajstić information content (AvgIpc) is 3.03. The Kier molecular flexibility index (Phi) is 4.65. The van der Waals surface area contributed by atoms with Crippen LogP contribution in [0.4, 0.5) is 15.8 Å². The molecule has 0 aliphatic carbocycles. The van der Waals surface area contributed by atoms with Crippen molar-refractivity contribution in [3.63, 3.8) is 0 Å². The number of rotatable bonds is 5. The summed E-state index contributed by atoms with van der Waals surface area (Å²) in [5.74, 6) is -0.430. The minimum atomic E-state index is -0.471. The number of non-ortho nitro benzene ring substituents is 1. The number of nitro groups is 1. The van der Waals surface area contributed by atoms with E-state index in [4.69, 9.17) is 4.74 Å². The number of amides is 1. The van der Waals surface area contributed by atoms with Gasteiger partial charge in [-0.05, 0) is 36.1 Å². The molecular weight excluding hydrogens is 327 g/mol. The largest absolute Gasteiger partial charge is 0.494 e. The molecule has 0 saturated heterocycles. The Bertz CT molecular complexity index is 838. The molecule has 2 aromatic rings. The van der Waals surface area contributed by atoms with Gasteiger partial charge in [0.2, 0.25) is 5.91 Å². The first kappa shape index (κ1) is 16.9. The third kappa shape index (κ3) is 3.45. The number of hydrogen-bond acceptors (Lipinski definition) is 4. The van der Waals surface area contributed by atoms with Gasteiger partial charge in [0, 0.05) is 25.1 Å². The fourth-order valence-corrected chi connectivity index (χ4v) is 2.99. The number of nitro benzene ring substituents is 1. The second kappa shape index (κ2) is 6.88. The summed E-state index contributed by atoms with van der Waals surface area (Å²) >= 11 is 0. The minimum Gasteiger partial charge on any atom is -0.494 e. The van der Waals surface area contributed by atoms with Gasteiger partial charge in [-0.25, -0.2) is 4.39 Å². The first-order chi connectivity index (χ1) is 12.0. The highest BCUT2D eigenvalue weighted by atomic mass is 19.1. The molecule has 2 aromatic carbocycles. The number of methoxy groups -OCH3 is 1. The lowest BCUT2D eigenvalue weighted by Crippen LogP contribution is -2.29. The summed E-state index contributed by atoms with van der Waals surface area (Å²) in [6, 6.07) is 9.19. The molecular formula is C18H17FN2O4. The van der Waals surface area contributed by atoms with Gasteiger partial charge in [-0.3, -0.25) is 14.9 Å². The molecule has 1 heterocycles. The zero-order chi connectivity index (χ0) is 18.0.